The molecular formula is C19H22ClN5O3. The van der Waals surface area contributed by atoms with Gasteiger partial charge >= 0.3 is 0 Å². The SMILES string of the molecule is COc1ccc(C#Cc2c(Cl)nc(N)nc2N[C@@H]2C[C@H](CO)C[C@H]2O)c(C)n1. The second-order valence-corrected chi connectivity index (χ2v) is 7.03. The van der Waals surface area contributed by atoms with E-state index in [1.807, 2.05) is 6.92 Å². The zero-order valence-electron chi connectivity index (χ0n) is 15.6. The van der Waals surface area contributed by atoms with Crippen LogP contribution in [0.1, 0.15) is 29.7 Å². The summed E-state index contributed by atoms with van der Waals surface area (Å²) in [4.78, 5) is 12.5. The van der Waals surface area contributed by atoms with Crippen molar-refractivity contribution in [2.75, 3.05) is 24.8 Å². The van der Waals surface area contributed by atoms with Gasteiger partial charge in [-0.2, -0.15) is 9.97 Å². The fourth-order valence-corrected chi connectivity index (χ4v) is 3.40. The number of aryl methyl sites for hydroxylation is 1. The van der Waals surface area contributed by atoms with Crippen molar-refractivity contribution in [1.29, 1.82) is 0 Å². The third-order valence-corrected chi connectivity index (χ3v) is 4.95. The topological polar surface area (TPSA) is 126 Å². The van der Waals surface area contributed by atoms with Gasteiger partial charge < -0.3 is 26.0 Å². The van der Waals surface area contributed by atoms with Crippen LogP contribution in [-0.4, -0.2) is 51.0 Å². The van der Waals surface area contributed by atoms with Crippen molar-refractivity contribution in [3.05, 3.63) is 34.1 Å². The molecule has 1 saturated carbocycles. The number of hydrogen-bond acceptors (Lipinski definition) is 8. The highest BCUT2D eigenvalue weighted by Crippen LogP contribution is 2.30. The molecule has 0 saturated heterocycles. The van der Waals surface area contributed by atoms with Gasteiger partial charge in [0.2, 0.25) is 11.8 Å². The highest BCUT2D eigenvalue weighted by molar-refractivity contribution is 6.31. The number of nitrogens with one attached hydrogen (secondary N) is 1. The van der Waals surface area contributed by atoms with E-state index in [0.29, 0.717) is 41.4 Å². The monoisotopic (exact) mass is 403 g/mol. The molecule has 9 heteroatoms. The number of halogens is 1. The first-order chi connectivity index (χ1) is 13.4. The predicted molar refractivity (Wildman–Crippen MR) is 106 cm³/mol. The first kappa shape index (κ1) is 20.1. The molecule has 1 aliphatic carbocycles. The number of methoxy groups -OCH3 is 1. The summed E-state index contributed by atoms with van der Waals surface area (Å²) in [5.74, 6) is 6.90. The number of ether oxygens (including phenoxy) is 1. The first-order valence-electron chi connectivity index (χ1n) is 8.83. The number of anilines is 2. The van der Waals surface area contributed by atoms with Gasteiger partial charge in [-0.15, -0.1) is 0 Å². The number of nitrogens with zero attached hydrogens (tertiary/aromatic N) is 3. The van der Waals surface area contributed by atoms with Crippen molar-refractivity contribution in [2.24, 2.45) is 5.92 Å². The minimum absolute atomic E-state index is 0.00606. The molecule has 2 heterocycles. The maximum atomic E-state index is 10.2. The molecular weight excluding hydrogens is 382 g/mol. The molecule has 8 nitrogen and oxygen atoms in total. The lowest BCUT2D eigenvalue weighted by molar-refractivity contribution is 0.157. The van der Waals surface area contributed by atoms with Gasteiger partial charge in [0.25, 0.3) is 0 Å². The summed E-state index contributed by atoms with van der Waals surface area (Å²) in [6.07, 6.45) is 0.509. The maximum Gasteiger partial charge on any atom is 0.223 e. The summed E-state index contributed by atoms with van der Waals surface area (Å²) in [6.45, 7) is 1.86. The van der Waals surface area contributed by atoms with Crippen LogP contribution in [0.4, 0.5) is 11.8 Å². The summed E-state index contributed by atoms with van der Waals surface area (Å²) in [6, 6.07) is 3.24. The molecule has 1 fully saturated rings. The van der Waals surface area contributed by atoms with Gasteiger partial charge in [-0.05, 0) is 31.7 Å². The third-order valence-electron chi connectivity index (χ3n) is 4.68. The number of rotatable bonds is 4. The van der Waals surface area contributed by atoms with Gasteiger partial charge in [-0.3, -0.25) is 0 Å². The molecule has 1 aliphatic rings. The van der Waals surface area contributed by atoms with Crippen molar-refractivity contribution < 1.29 is 14.9 Å². The minimum atomic E-state index is -0.610. The molecule has 3 atom stereocenters. The fourth-order valence-electron chi connectivity index (χ4n) is 3.18. The average molecular weight is 404 g/mol. The molecule has 2 aromatic rings. The van der Waals surface area contributed by atoms with Gasteiger partial charge in [-0.25, -0.2) is 4.98 Å². The number of aromatic nitrogens is 3. The third kappa shape index (κ3) is 4.44. The minimum Gasteiger partial charge on any atom is -0.481 e. The molecule has 0 amide bonds. The van der Waals surface area contributed by atoms with E-state index in [1.165, 1.54) is 0 Å². The standard InChI is InChI=1S/C19H22ClN5O3/c1-10-12(4-6-16(22-10)28-2)3-5-13-17(20)24-19(21)25-18(13)23-14-7-11(9-26)8-15(14)27/h4,6,11,14-15,26-27H,7-9H2,1-2H3,(H3,21,23,24,25)/t11-,14+,15+/m0/s1. The summed E-state index contributed by atoms with van der Waals surface area (Å²) >= 11 is 6.25. The quantitative estimate of drug-likeness (QED) is 0.445. The smallest absolute Gasteiger partial charge is 0.223 e. The zero-order chi connectivity index (χ0) is 20.3. The number of aliphatic hydroxyl groups excluding tert-OH is 2. The fraction of sp³-hybridized carbons (Fsp3) is 0.421. The maximum absolute atomic E-state index is 10.2. The van der Waals surface area contributed by atoms with E-state index in [0.717, 1.165) is 0 Å². The molecule has 0 bridgehead atoms. The molecule has 3 rings (SSSR count). The van der Waals surface area contributed by atoms with Crippen LogP contribution in [0.2, 0.25) is 5.15 Å². The molecule has 0 spiro atoms. The van der Waals surface area contributed by atoms with E-state index < -0.39 is 6.10 Å². The number of nitrogen functional groups attached to an aromatic ring is 1. The lowest BCUT2D eigenvalue weighted by Crippen LogP contribution is -2.29. The molecule has 0 radical (unpaired) electrons. The van der Waals surface area contributed by atoms with E-state index >= 15 is 0 Å². The van der Waals surface area contributed by atoms with Crippen molar-refractivity contribution in [1.82, 2.24) is 15.0 Å². The van der Waals surface area contributed by atoms with Crippen molar-refractivity contribution in [2.45, 2.75) is 31.9 Å². The van der Waals surface area contributed by atoms with Gasteiger partial charge in [0.15, 0.2) is 5.15 Å². The van der Waals surface area contributed by atoms with E-state index in [4.69, 9.17) is 22.1 Å². The number of nitrogens with two attached hydrogens (primary N) is 1. The number of hydrogen-bond donors (Lipinski definition) is 4. The van der Waals surface area contributed by atoms with Gasteiger partial charge in [0.05, 0.1) is 24.9 Å². The van der Waals surface area contributed by atoms with Crippen LogP contribution in [-0.2, 0) is 0 Å². The van der Waals surface area contributed by atoms with E-state index in [9.17, 15) is 10.2 Å². The molecule has 0 unspecified atom stereocenters. The van der Waals surface area contributed by atoms with Crippen LogP contribution >= 0.6 is 11.6 Å². The van der Waals surface area contributed by atoms with Crippen LogP contribution in [0, 0.1) is 24.7 Å². The summed E-state index contributed by atoms with van der Waals surface area (Å²) in [7, 11) is 1.55. The lowest BCUT2D eigenvalue weighted by Gasteiger charge is -2.18. The van der Waals surface area contributed by atoms with Crippen molar-refractivity contribution in [3.8, 4) is 17.7 Å². The Morgan fingerprint density at radius 1 is 1.29 bits per heavy atom. The Morgan fingerprint density at radius 3 is 2.71 bits per heavy atom. The second-order valence-electron chi connectivity index (χ2n) is 6.67. The Bertz CT molecular complexity index is 928. The van der Waals surface area contributed by atoms with Crippen LogP contribution in [0.25, 0.3) is 0 Å². The Labute approximate surface area is 168 Å². The molecule has 0 aliphatic heterocycles. The molecule has 5 N–H and O–H groups in total. The number of aliphatic hydroxyl groups is 2. The summed E-state index contributed by atoms with van der Waals surface area (Å²) in [5, 5.41) is 22.9. The second kappa shape index (κ2) is 8.61. The average Bonchev–Trinajstić information content (AvgIpc) is 3.01. The van der Waals surface area contributed by atoms with Crippen LogP contribution in [0.15, 0.2) is 12.1 Å². The molecule has 28 heavy (non-hydrogen) atoms. The largest absolute Gasteiger partial charge is 0.481 e. The highest BCUT2D eigenvalue weighted by atomic mass is 35.5. The molecule has 0 aromatic carbocycles. The summed E-state index contributed by atoms with van der Waals surface area (Å²) < 4.78 is 5.10. The molecule has 148 valence electrons. The Hall–Kier alpha value is -2.60. The van der Waals surface area contributed by atoms with Crippen molar-refractivity contribution >= 4 is 23.4 Å². The van der Waals surface area contributed by atoms with Gasteiger partial charge in [0, 0.05) is 18.2 Å². The summed E-state index contributed by atoms with van der Waals surface area (Å²) in [5.41, 5.74) is 7.54. The Morgan fingerprint density at radius 2 is 2.07 bits per heavy atom. The Balaban J connectivity index is 1.92. The Kier molecular flexibility index (Phi) is 6.19. The van der Waals surface area contributed by atoms with Crippen LogP contribution in [0.5, 0.6) is 5.88 Å². The normalized spacial score (nSPS) is 21.1. The van der Waals surface area contributed by atoms with E-state index in [-0.39, 0.29) is 29.7 Å². The first-order valence-corrected chi connectivity index (χ1v) is 9.21. The number of pyridine rings is 1. The lowest BCUT2D eigenvalue weighted by atomic mass is 10.1. The predicted octanol–water partition coefficient (Wildman–Crippen LogP) is 1.37. The van der Waals surface area contributed by atoms with Crippen LogP contribution < -0.4 is 15.8 Å². The van der Waals surface area contributed by atoms with E-state index in [2.05, 4.69) is 32.1 Å². The van der Waals surface area contributed by atoms with Gasteiger partial charge in [0.1, 0.15) is 11.4 Å². The van der Waals surface area contributed by atoms with E-state index in [1.54, 1.807) is 19.2 Å². The van der Waals surface area contributed by atoms with Crippen molar-refractivity contribution in [3.63, 3.8) is 0 Å². The zero-order valence-corrected chi connectivity index (χ0v) is 16.4. The van der Waals surface area contributed by atoms with Crippen LogP contribution in [0.3, 0.4) is 0 Å². The highest BCUT2D eigenvalue weighted by Gasteiger charge is 2.33. The molecule has 2 aromatic heterocycles. The van der Waals surface area contributed by atoms with Gasteiger partial charge in [-0.1, -0.05) is 23.4 Å².